The first-order chi connectivity index (χ1) is 8.61. The van der Waals surface area contributed by atoms with Gasteiger partial charge in [-0.2, -0.15) is 0 Å². The van der Waals surface area contributed by atoms with E-state index in [0.29, 0.717) is 10.6 Å². The average Bonchev–Trinajstić information content (AvgIpc) is 2.82. The standard InChI is InChI=1S/C11H8ClIN2O3/c1-2-17-11(16)10-15-14-9(18-10)7-5-6(12)3-4-8(7)13/h3-5H,2H2,1H3. The summed E-state index contributed by atoms with van der Waals surface area (Å²) in [6, 6.07) is 5.29. The number of halogens is 2. The molecule has 0 atom stereocenters. The summed E-state index contributed by atoms with van der Waals surface area (Å²) in [6.45, 7) is 1.96. The van der Waals surface area contributed by atoms with E-state index in [0.717, 1.165) is 3.57 Å². The van der Waals surface area contributed by atoms with Crippen molar-refractivity contribution >= 4 is 40.2 Å². The van der Waals surface area contributed by atoms with Crippen LogP contribution >= 0.6 is 34.2 Å². The van der Waals surface area contributed by atoms with Crippen molar-refractivity contribution in [3.05, 3.63) is 32.7 Å². The second-order valence-electron chi connectivity index (χ2n) is 3.26. The molecule has 1 heterocycles. The Kier molecular flexibility index (Phi) is 4.18. The molecular weight excluding hydrogens is 370 g/mol. The number of ether oxygens (including phenoxy) is 1. The zero-order valence-corrected chi connectivity index (χ0v) is 12.2. The number of rotatable bonds is 3. The second kappa shape index (κ2) is 5.66. The maximum atomic E-state index is 11.4. The molecule has 0 saturated heterocycles. The predicted octanol–water partition coefficient (Wildman–Crippen LogP) is 3.17. The lowest BCUT2D eigenvalue weighted by Gasteiger charge is -1.99. The van der Waals surface area contributed by atoms with E-state index in [2.05, 4.69) is 32.8 Å². The van der Waals surface area contributed by atoms with Crippen LogP contribution in [-0.2, 0) is 4.74 Å². The molecule has 2 rings (SSSR count). The van der Waals surface area contributed by atoms with Gasteiger partial charge >= 0.3 is 11.9 Å². The molecule has 0 saturated carbocycles. The highest BCUT2D eigenvalue weighted by Crippen LogP contribution is 2.27. The molecule has 0 aliphatic carbocycles. The zero-order valence-electron chi connectivity index (χ0n) is 9.31. The number of benzene rings is 1. The largest absolute Gasteiger partial charge is 0.459 e. The van der Waals surface area contributed by atoms with Crippen LogP contribution in [0, 0.1) is 3.57 Å². The van der Waals surface area contributed by atoms with Crippen LogP contribution in [0.1, 0.15) is 17.6 Å². The quantitative estimate of drug-likeness (QED) is 0.606. The minimum Gasteiger partial charge on any atom is -0.459 e. The van der Waals surface area contributed by atoms with Crippen LogP contribution in [-0.4, -0.2) is 22.8 Å². The van der Waals surface area contributed by atoms with Gasteiger partial charge in [-0.15, -0.1) is 10.2 Å². The van der Waals surface area contributed by atoms with Crippen molar-refractivity contribution in [3.63, 3.8) is 0 Å². The van der Waals surface area contributed by atoms with Crippen molar-refractivity contribution in [3.8, 4) is 11.5 Å². The van der Waals surface area contributed by atoms with Gasteiger partial charge in [0.05, 0.1) is 12.2 Å². The average molecular weight is 379 g/mol. The van der Waals surface area contributed by atoms with Crippen LogP contribution in [0.15, 0.2) is 22.6 Å². The number of carbonyl (C=O) groups excluding carboxylic acids is 1. The summed E-state index contributed by atoms with van der Waals surface area (Å²) in [6.07, 6.45) is 0. The Morgan fingerprint density at radius 1 is 1.50 bits per heavy atom. The Morgan fingerprint density at radius 3 is 3.00 bits per heavy atom. The lowest BCUT2D eigenvalue weighted by Crippen LogP contribution is -2.04. The summed E-state index contributed by atoms with van der Waals surface area (Å²) in [5.74, 6) is -0.555. The molecule has 0 spiro atoms. The van der Waals surface area contributed by atoms with Gasteiger partial charge < -0.3 is 9.15 Å². The first kappa shape index (κ1) is 13.3. The van der Waals surface area contributed by atoms with Crippen LogP contribution in [0.25, 0.3) is 11.5 Å². The molecule has 0 aliphatic rings. The zero-order chi connectivity index (χ0) is 13.1. The summed E-state index contributed by atoms with van der Waals surface area (Å²) in [5, 5.41) is 8.01. The highest BCUT2D eigenvalue weighted by atomic mass is 127. The van der Waals surface area contributed by atoms with Gasteiger partial charge in [-0.25, -0.2) is 4.79 Å². The smallest absolute Gasteiger partial charge is 0.396 e. The highest BCUT2D eigenvalue weighted by molar-refractivity contribution is 14.1. The maximum Gasteiger partial charge on any atom is 0.396 e. The summed E-state index contributed by atoms with van der Waals surface area (Å²) >= 11 is 8.02. The van der Waals surface area contributed by atoms with Crippen LogP contribution in [0.5, 0.6) is 0 Å². The van der Waals surface area contributed by atoms with E-state index >= 15 is 0 Å². The molecule has 5 nitrogen and oxygen atoms in total. The fourth-order valence-corrected chi connectivity index (χ4v) is 2.01. The summed E-state index contributed by atoms with van der Waals surface area (Å²) in [7, 11) is 0. The molecule has 0 unspecified atom stereocenters. The molecule has 2 aromatic rings. The van der Waals surface area contributed by atoms with E-state index < -0.39 is 5.97 Å². The van der Waals surface area contributed by atoms with Crippen molar-refractivity contribution < 1.29 is 13.9 Å². The Morgan fingerprint density at radius 2 is 2.28 bits per heavy atom. The topological polar surface area (TPSA) is 65.2 Å². The van der Waals surface area contributed by atoms with E-state index in [1.54, 1.807) is 19.1 Å². The molecule has 0 fully saturated rings. The van der Waals surface area contributed by atoms with Gasteiger partial charge in [0.15, 0.2) is 0 Å². The van der Waals surface area contributed by atoms with Gasteiger partial charge in [-0.3, -0.25) is 0 Å². The molecule has 0 radical (unpaired) electrons. The Labute approximate surface area is 122 Å². The van der Waals surface area contributed by atoms with Crippen molar-refractivity contribution in [1.29, 1.82) is 0 Å². The molecule has 0 aliphatic heterocycles. The molecule has 1 aromatic heterocycles. The number of aromatic nitrogens is 2. The van der Waals surface area contributed by atoms with E-state index in [9.17, 15) is 4.79 Å². The number of hydrogen-bond acceptors (Lipinski definition) is 5. The lowest BCUT2D eigenvalue weighted by atomic mass is 10.2. The summed E-state index contributed by atoms with van der Waals surface area (Å²) in [5.41, 5.74) is 0.686. The third kappa shape index (κ3) is 2.81. The Hall–Kier alpha value is -1.15. The van der Waals surface area contributed by atoms with Crippen LogP contribution in [0.2, 0.25) is 5.02 Å². The van der Waals surface area contributed by atoms with Gasteiger partial charge in [0.1, 0.15) is 0 Å². The third-order valence-electron chi connectivity index (χ3n) is 2.03. The fourth-order valence-electron chi connectivity index (χ4n) is 1.27. The highest BCUT2D eigenvalue weighted by Gasteiger charge is 2.18. The Balaban J connectivity index is 2.35. The first-order valence-corrected chi connectivity index (χ1v) is 6.53. The number of hydrogen-bond donors (Lipinski definition) is 0. The molecular formula is C11H8ClIN2O3. The van der Waals surface area contributed by atoms with Gasteiger partial charge in [0, 0.05) is 8.59 Å². The van der Waals surface area contributed by atoms with Crippen molar-refractivity contribution in [2.45, 2.75) is 6.92 Å². The van der Waals surface area contributed by atoms with Crippen LogP contribution < -0.4 is 0 Å². The molecule has 94 valence electrons. The number of carbonyl (C=O) groups is 1. The molecule has 0 bridgehead atoms. The minimum atomic E-state index is -0.631. The van der Waals surface area contributed by atoms with E-state index in [4.69, 9.17) is 20.8 Å². The fraction of sp³-hybridized carbons (Fsp3) is 0.182. The Bertz CT molecular complexity index is 585. The van der Waals surface area contributed by atoms with Crippen molar-refractivity contribution in [2.75, 3.05) is 6.61 Å². The third-order valence-corrected chi connectivity index (χ3v) is 3.21. The summed E-state index contributed by atoms with van der Waals surface area (Å²) in [4.78, 5) is 11.4. The molecule has 7 heteroatoms. The molecule has 1 aromatic carbocycles. The van der Waals surface area contributed by atoms with Crippen LogP contribution in [0.4, 0.5) is 0 Å². The molecule has 0 amide bonds. The van der Waals surface area contributed by atoms with Crippen LogP contribution in [0.3, 0.4) is 0 Å². The van der Waals surface area contributed by atoms with E-state index in [1.807, 2.05) is 6.07 Å². The van der Waals surface area contributed by atoms with Gasteiger partial charge in [0.25, 0.3) is 0 Å². The number of esters is 1. The van der Waals surface area contributed by atoms with E-state index in [-0.39, 0.29) is 18.4 Å². The van der Waals surface area contributed by atoms with Crippen molar-refractivity contribution in [1.82, 2.24) is 10.2 Å². The normalized spacial score (nSPS) is 10.4. The second-order valence-corrected chi connectivity index (χ2v) is 4.86. The summed E-state index contributed by atoms with van der Waals surface area (Å²) < 4.78 is 10.9. The molecule has 18 heavy (non-hydrogen) atoms. The van der Waals surface area contributed by atoms with E-state index in [1.165, 1.54) is 0 Å². The monoisotopic (exact) mass is 378 g/mol. The minimum absolute atomic E-state index is 0.164. The SMILES string of the molecule is CCOC(=O)c1nnc(-c2cc(Cl)ccc2I)o1. The molecule has 0 N–H and O–H groups in total. The van der Waals surface area contributed by atoms with Gasteiger partial charge in [0.2, 0.25) is 5.89 Å². The maximum absolute atomic E-state index is 11.4. The van der Waals surface area contributed by atoms with Crippen molar-refractivity contribution in [2.24, 2.45) is 0 Å². The first-order valence-electron chi connectivity index (χ1n) is 5.08. The predicted molar refractivity (Wildman–Crippen MR) is 73.4 cm³/mol. The number of nitrogens with zero attached hydrogens (tertiary/aromatic N) is 2. The van der Waals surface area contributed by atoms with Gasteiger partial charge in [-0.1, -0.05) is 11.6 Å². The van der Waals surface area contributed by atoms with Gasteiger partial charge in [-0.05, 0) is 47.7 Å². The lowest BCUT2D eigenvalue weighted by molar-refractivity contribution is 0.0481.